The molecule has 0 saturated carbocycles. The number of anilines is 1. The van der Waals surface area contributed by atoms with Crippen LogP contribution in [-0.2, 0) is 11.8 Å². The molecule has 1 aliphatic heterocycles. The number of fused-ring (bicyclic) bond motifs is 1. The van der Waals surface area contributed by atoms with E-state index in [4.69, 9.17) is 5.73 Å². The lowest BCUT2D eigenvalue weighted by atomic mass is 9.83. The van der Waals surface area contributed by atoms with Crippen molar-refractivity contribution < 1.29 is 0 Å². The smallest absolute Gasteiger partial charge is 0.0447 e. The highest BCUT2D eigenvalue weighted by atomic mass is 15.1. The minimum absolute atomic E-state index is 0.0445. The van der Waals surface area contributed by atoms with E-state index in [1.165, 1.54) is 22.5 Å². The molecule has 1 aliphatic rings. The summed E-state index contributed by atoms with van der Waals surface area (Å²) >= 11 is 0. The molecule has 17 heavy (non-hydrogen) atoms. The summed E-state index contributed by atoms with van der Waals surface area (Å²) in [5.41, 5.74) is 10.8. The molecule has 2 N–H and O–H groups in total. The van der Waals surface area contributed by atoms with E-state index >= 15 is 0 Å². The van der Waals surface area contributed by atoms with Crippen LogP contribution < -0.4 is 10.6 Å². The first-order valence-electron chi connectivity index (χ1n) is 6.25. The van der Waals surface area contributed by atoms with Crippen molar-refractivity contribution in [2.45, 2.75) is 32.1 Å². The molecule has 2 nitrogen and oxygen atoms in total. The summed E-state index contributed by atoms with van der Waals surface area (Å²) in [5, 5.41) is 0. The third-order valence-electron chi connectivity index (χ3n) is 3.89. The van der Waals surface area contributed by atoms with Crippen molar-refractivity contribution in [3.05, 3.63) is 41.6 Å². The highest BCUT2D eigenvalue weighted by Crippen LogP contribution is 2.46. The number of benzene rings is 1. The lowest BCUT2D eigenvalue weighted by Gasteiger charge is -2.22. The van der Waals surface area contributed by atoms with Gasteiger partial charge < -0.3 is 10.6 Å². The van der Waals surface area contributed by atoms with Crippen LogP contribution >= 0.6 is 0 Å². The van der Waals surface area contributed by atoms with Gasteiger partial charge in [-0.15, -0.1) is 0 Å². The maximum atomic E-state index is 5.56. The standard InChI is InChI=1S/C15H22N2/c1-11-15(2,3)13-10-12(6-5-9-16)7-8-14(13)17(11)4/h7-8,10H,1,5-6,9,16H2,2-4H3. The molecule has 0 atom stereocenters. The van der Waals surface area contributed by atoms with Crippen molar-refractivity contribution in [1.29, 1.82) is 0 Å². The third kappa shape index (κ3) is 1.87. The Bertz CT molecular complexity index is 446. The normalized spacial score (nSPS) is 17.4. The van der Waals surface area contributed by atoms with Crippen molar-refractivity contribution in [1.82, 2.24) is 0 Å². The summed E-state index contributed by atoms with van der Waals surface area (Å²) in [7, 11) is 2.09. The lowest BCUT2D eigenvalue weighted by Crippen LogP contribution is -2.21. The summed E-state index contributed by atoms with van der Waals surface area (Å²) in [4.78, 5) is 2.20. The van der Waals surface area contributed by atoms with Crippen LogP contribution in [0, 0.1) is 0 Å². The number of hydrogen-bond donors (Lipinski definition) is 1. The maximum absolute atomic E-state index is 5.56. The summed E-state index contributed by atoms with van der Waals surface area (Å²) in [6.07, 6.45) is 2.12. The van der Waals surface area contributed by atoms with Gasteiger partial charge in [0.25, 0.3) is 0 Å². The fourth-order valence-electron chi connectivity index (χ4n) is 2.56. The Labute approximate surface area is 104 Å². The Hall–Kier alpha value is -1.28. The predicted octanol–water partition coefficient (Wildman–Crippen LogP) is 2.82. The van der Waals surface area contributed by atoms with Gasteiger partial charge >= 0.3 is 0 Å². The summed E-state index contributed by atoms with van der Waals surface area (Å²) in [6, 6.07) is 6.74. The Morgan fingerprint density at radius 2 is 2.06 bits per heavy atom. The number of aryl methyl sites for hydroxylation is 1. The molecular formula is C15H22N2. The number of likely N-dealkylation sites (N-methyl/N-ethyl adjacent to an activating group) is 1. The van der Waals surface area contributed by atoms with Crippen LogP contribution in [0.2, 0.25) is 0 Å². The van der Waals surface area contributed by atoms with E-state index in [0.29, 0.717) is 0 Å². The second-order valence-corrected chi connectivity index (χ2v) is 5.37. The Kier molecular flexibility index (Phi) is 3.00. The molecule has 0 saturated heterocycles. The lowest BCUT2D eigenvalue weighted by molar-refractivity contribution is 0.641. The number of nitrogens with two attached hydrogens (primary N) is 1. The van der Waals surface area contributed by atoms with Crippen LogP contribution in [0.1, 0.15) is 31.4 Å². The molecule has 1 aromatic rings. The van der Waals surface area contributed by atoms with Crippen LogP contribution in [0.5, 0.6) is 0 Å². The van der Waals surface area contributed by atoms with Gasteiger partial charge in [-0.2, -0.15) is 0 Å². The van der Waals surface area contributed by atoms with Crippen molar-refractivity contribution in [2.24, 2.45) is 5.73 Å². The molecule has 0 aromatic heterocycles. The van der Waals surface area contributed by atoms with Gasteiger partial charge in [-0.05, 0) is 36.6 Å². The van der Waals surface area contributed by atoms with Gasteiger partial charge in [0.1, 0.15) is 0 Å². The van der Waals surface area contributed by atoms with Gasteiger partial charge in [0, 0.05) is 23.8 Å². The van der Waals surface area contributed by atoms with Crippen molar-refractivity contribution in [3.8, 4) is 0 Å². The van der Waals surface area contributed by atoms with Crippen molar-refractivity contribution in [3.63, 3.8) is 0 Å². The first-order valence-corrected chi connectivity index (χ1v) is 6.25. The molecule has 0 aliphatic carbocycles. The molecule has 0 fully saturated rings. The van der Waals surface area contributed by atoms with Gasteiger partial charge in [-0.1, -0.05) is 32.6 Å². The van der Waals surface area contributed by atoms with Crippen molar-refractivity contribution in [2.75, 3.05) is 18.5 Å². The molecule has 0 amide bonds. The van der Waals surface area contributed by atoms with E-state index in [2.05, 4.69) is 50.6 Å². The average molecular weight is 230 g/mol. The fourth-order valence-corrected chi connectivity index (χ4v) is 2.56. The fraction of sp³-hybridized carbons (Fsp3) is 0.467. The molecule has 0 bridgehead atoms. The van der Waals surface area contributed by atoms with Crippen LogP contribution in [-0.4, -0.2) is 13.6 Å². The zero-order chi connectivity index (χ0) is 12.6. The van der Waals surface area contributed by atoms with Gasteiger partial charge in [0.2, 0.25) is 0 Å². The van der Waals surface area contributed by atoms with Crippen LogP contribution in [0.3, 0.4) is 0 Å². The quantitative estimate of drug-likeness (QED) is 0.865. The first kappa shape index (κ1) is 12.2. The van der Waals surface area contributed by atoms with E-state index in [-0.39, 0.29) is 5.41 Å². The molecule has 92 valence electrons. The minimum atomic E-state index is 0.0445. The van der Waals surface area contributed by atoms with E-state index in [1.54, 1.807) is 0 Å². The largest absolute Gasteiger partial charge is 0.348 e. The van der Waals surface area contributed by atoms with E-state index < -0.39 is 0 Å². The molecule has 2 heteroatoms. The van der Waals surface area contributed by atoms with Gasteiger partial charge in [0.05, 0.1) is 0 Å². The van der Waals surface area contributed by atoms with E-state index in [9.17, 15) is 0 Å². The summed E-state index contributed by atoms with van der Waals surface area (Å²) < 4.78 is 0. The predicted molar refractivity (Wildman–Crippen MR) is 74.4 cm³/mol. The van der Waals surface area contributed by atoms with Gasteiger partial charge in [-0.3, -0.25) is 0 Å². The van der Waals surface area contributed by atoms with Crippen LogP contribution in [0.25, 0.3) is 0 Å². The zero-order valence-electron chi connectivity index (χ0n) is 11.1. The first-order chi connectivity index (χ1) is 7.98. The van der Waals surface area contributed by atoms with Gasteiger partial charge in [-0.25, -0.2) is 0 Å². The second-order valence-electron chi connectivity index (χ2n) is 5.37. The molecule has 0 spiro atoms. The second kappa shape index (κ2) is 4.19. The highest BCUT2D eigenvalue weighted by Gasteiger charge is 2.37. The number of rotatable bonds is 3. The van der Waals surface area contributed by atoms with Crippen molar-refractivity contribution >= 4 is 5.69 Å². The van der Waals surface area contributed by atoms with Gasteiger partial charge in [0.15, 0.2) is 0 Å². The van der Waals surface area contributed by atoms with Crippen LogP contribution in [0.15, 0.2) is 30.5 Å². The highest BCUT2D eigenvalue weighted by molar-refractivity contribution is 5.69. The third-order valence-corrected chi connectivity index (χ3v) is 3.89. The monoisotopic (exact) mass is 230 g/mol. The molecular weight excluding hydrogens is 208 g/mol. The molecule has 2 rings (SSSR count). The molecule has 1 aromatic carbocycles. The molecule has 0 radical (unpaired) electrons. The number of hydrogen-bond acceptors (Lipinski definition) is 2. The maximum Gasteiger partial charge on any atom is 0.0447 e. The average Bonchev–Trinajstić information content (AvgIpc) is 2.49. The minimum Gasteiger partial charge on any atom is -0.348 e. The topological polar surface area (TPSA) is 29.3 Å². The Balaban J connectivity index is 2.40. The van der Waals surface area contributed by atoms with Crippen LogP contribution in [0.4, 0.5) is 5.69 Å². The van der Waals surface area contributed by atoms with E-state index in [0.717, 1.165) is 19.4 Å². The summed E-state index contributed by atoms with van der Waals surface area (Å²) in [6.45, 7) is 9.44. The zero-order valence-corrected chi connectivity index (χ0v) is 11.1. The summed E-state index contributed by atoms with van der Waals surface area (Å²) in [5.74, 6) is 0. The number of allylic oxidation sites excluding steroid dienone is 1. The number of nitrogens with zero attached hydrogens (tertiary/aromatic N) is 1. The van der Waals surface area contributed by atoms with E-state index in [1.807, 2.05) is 0 Å². The Morgan fingerprint density at radius 3 is 2.71 bits per heavy atom. The Morgan fingerprint density at radius 1 is 1.35 bits per heavy atom. The molecule has 1 heterocycles. The SMILES string of the molecule is C=C1N(C)c2ccc(CCCN)cc2C1(C)C. The molecule has 0 unspecified atom stereocenters.